The number of carboxylic acids is 1. The first-order chi connectivity index (χ1) is 9.39. The molecule has 0 rings (SSSR count). The van der Waals surface area contributed by atoms with E-state index in [1.165, 1.54) is 0 Å². The number of hydrogen-bond donors (Lipinski definition) is 4. The topological polar surface area (TPSA) is 172 Å². The van der Waals surface area contributed by atoms with Gasteiger partial charge in [-0.05, 0) is 31.3 Å². The van der Waals surface area contributed by atoms with Gasteiger partial charge in [0.05, 0.1) is 11.5 Å². The third kappa shape index (κ3) is 22.0. The molecular weight excluding hydrogens is 346 g/mol. The summed E-state index contributed by atoms with van der Waals surface area (Å²) in [6, 6.07) is -0.683. The Labute approximate surface area is 128 Å². The van der Waals surface area contributed by atoms with Crippen LogP contribution < -0.4 is 5.73 Å². The molecule has 21 heavy (non-hydrogen) atoms. The van der Waals surface area contributed by atoms with Crippen molar-refractivity contribution < 1.29 is 35.8 Å². The molecule has 0 radical (unpaired) electrons. The number of thioether (sulfide) groups is 1. The van der Waals surface area contributed by atoms with E-state index < -0.39 is 43.8 Å². The number of aliphatic carboxylic acids is 1. The summed E-state index contributed by atoms with van der Waals surface area (Å²) in [6.45, 7) is 0. The summed E-state index contributed by atoms with van der Waals surface area (Å²) in [5.74, 6) is -1.07. The number of hydrogen-bond acceptors (Lipinski definition) is 7. The Bertz CT molecular complexity index is 453. The zero-order valence-corrected chi connectivity index (χ0v) is 14.0. The quantitative estimate of drug-likeness (QED) is 0.313. The molecule has 128 valence electrons. The molecule has 0 aliphatic rings. The van der Waals surface area contributed by atoms with E-state index in [-0.39, 0.29) is 12.8 Å². The Morgan fingerprint density at radius 3 is 1.71 bits per heavy atom. The molecule has 9 nitrogen and oxygen atoms in total. The number of carboxylic acid groups (broad SMARTS) is 1. The zero-order chi connectivity index (χ0) is 17.1. The van der Waals surface area contributed by atoms with E-state index in [0.29, 0.717) is 6.42 Å². The highest BCUT2D eigenvalue weighted by Gasteiger charge is 2.09. The first kappa shape index (κ1) is 22.9. The number of unbranched alkanes of at least 4 members (excludes halogenated alkanes) is 1. The highest BCUT2D eigenvalue weighted by Crippen LogP contribution is 1.98. The van der Waals surface area contributed by atoms with E-state index in [4.69, 9.17) is 19.9 Å². The molecule has 12 heteroatoms. The van der Waals surface area contributed by atoms with Crippen molar-refractivity contribution in [1.29, 1.82) is 0 Å². The lowest BCUT2D eigenvalue weighted by molar-refractivity contribution is -0.138. The summed E-state index contributed by atoms with van der Waals surface area (Å²) in [6.07, 6.45) is 2.50. The molecule has 0 saturated heterocycles. The van der Waals surface area contributed by atoms with Crippen molar-refractivity contribution in [2.45, 2.75) is 25.3 Å². The van der Waals surface area contributed by atoms with Crippen LogP contribution in [0.2, 0.25) is 0 Å². The van der Waals surface area contributed by atoms with Crippen LogP contribution >= 0.6 is 11.8 Å². The Morgan fingerprint density at radius 2 is 1.48 bits per heavy atom. The minimum Gasteiger partial charge on any atom is -0.480 e. The standard InChI is InChI=1S/C5H11NO2S.C4H10O6S2/c1-9-3-2-4(6)5(7)8;5-11(6,7)3-1-2-4-12(8,9)10/h4H,2-3,6H2,1H3,(H,7,8);1-4H2,(H,5,6,7)(H,8,9,10)/t4-;/m0./s1. The SMILES string of the molecule is CSCC[C@H](N)C(=O)O.O=S(=O)(O)CCCCS(=O)(=O)O. The lowest BCUT2D eigenvalue weighted by atomic mass is 10.2. The molecule has 0 aliphatic heterocycles. The lowest BCUT2D eigenvalue weighted by Gasteiger charge is -2.02. The van der Waals surface area contributed by atoms with Crippen LogP contribution in [0.25, 0.3) is 0 Å². The molecule has 0 unspecified atom stereocenters. The van der Waals surface area contributed by atoms with Crippen LogP contribution in [0, 0.1) is 0 Å². The zero-order valence-electron chi connectivity index (χ0n) is 11.5. The first-order valence-electron chi connectivity index (χ1n) is 5.76. The Hall–Kier alpha value is -0.400. The van der Waals surface area contributed by atoms with Crippen LogP contribution in [0.4, 0.5) is 0 Å². The van der Waals surface area contributed by atoms with E-state index in [1.54, 1.807) is 11.8 Å². The van der Waals surface area contributed by atoms with Crippen molar-refractivity contribution in [3.8, 4) is 0 Å². The van der Waals surface area contributed by atoms with Crippen LogP contribution in [0.15, 0.2) is 0 Å². The molecule has 1 atom stereocenters. The molecule has 0 amide bonds. The van der Waals surface area contributed by atoms with Gasteiger partial charge in [-0.2, -0.15) is 28.6 Å². The van der Waals surface area contributed by atoms with E-state index >= 15 is 0 Å². The normalized spacial score (nSPS) is 13.1. The maximum Gasteiger partial charge on any atom is 0.320 e. The summed E-state index contributed by atoms with van der Waals surface area (Å²) in [5, 5.41) is 8.27. The van der Waals surface area contributed by atoms with Crippen molar-refractivity contribution in [2.24, 2.45) is 5.73 Å². The monoisotopic (exact) mass is 367 g/mol. The van der Waals surface area contributed by atoms with Gasteiger partial charge in [-0.15, -0.1) is 0 Å². The second kappa shape index (κ2) is 11.2. The molecule has 0 heterocycles. The van der Waals surface area contributed by atoms with Crippen LogP contribution in [0.1, 0.15) is 19.3 Å². The van der Waals surface area contributed by atoms with Gasteiger partial charge in [0.1, 0.15) is 6.04 Å². The minimum absolute atomic E-state index is 0.0125. The van der Waals surface area contributed by atoms with Gasteiger partial charge < -0.3 is 10.8 Å². The van der Waals surface area contributed by atoms with E-state index in [9.17, 15) is 21.6 Å². The summed E-state index contributed by atoms with van der Waals surface area (Å²) in [4.78, 5) is 10.1. The van der Waals surface area contributed by atoms with Gasteiger partial charge in [0.15, 0.2) is 0 Å². The van der Waals surface area contributed by atoms with Gasteiger partial charge in [0, 0.05) is 0 Å². The smallest absolute Gasteiger partial charge is 0.320 e. The van der Waals surface area contributed by atoms with Crippen molar-refractivity contribution in [3.63, 3.8) is 0 Å². The van der Waals surface area contributed by atoms with Gasteiger partial charge in [-0.3, -0.25) is 13.9 Å². The number of rotatable bonds is 9. The van der Waals surface area contributed by atoms with E-state index in [2.05, 4.69) is 0 Å². The third-order valence-electron chi connectivity index (χ3n) is 2.00. The number of carbonyl (C=O) groups is 1. The summed E-state index contributed by atoms with van der Waals surface area (Å²) in [7, 11) is -8.04. The van der Waals surface area contributed by atoms with Crippen LogP contribution in [0.3, 0.4) is 0 Å². The fraction of sp³-hybridized carbons (Fsp3) is 0.889. The third-order valence-corrected chi connectivity index (χ3v) is 4.26. The van der Waals surface area contributed by atoms with E-state index in [1.807, 2.05) is 6.26 Å². The molecule has 0 aliphatic carbocycles. The molecule has 0 saturated carbocycles. The summed E-state index contributed by atoms with van der Waals surface area (Å²) < 4.78 is 56.8. The maximum atomic E-state index is 10.1. The highest BCUT2D eigenvalue weighted by atomic mass is 32.2. The number of nitrogens with two attached hydrogens (primary N) is 1. The van der Waals surface area contributed by atoms with Crippen LogP contribution in [0.5, 0.6) is 0 Å². The lowest BCUT2D eigenvalue weighted by Crippen LogP contribution is -2.30. The predicted molar refractivity (Wildman–Crippen MR) is 80.7 cm³/mol. The predicted octanol–water partition coefficient (Wildman–Crippen LogP) is -0.306. The maximum absolute atomic E-state index is 10.1. The average Bonchev–Trinajstić information content (AvgIpc) is 2.30. The Morgan fingerprint density at radius 1 is 1.10 bits per heavy atom. The van der Waals surface area contributed by atoms with Gasteiger partial charge in [-0.1, -0.05) is 0 Å². The van der Waals surface area contributed by atoms with Gasteiger partial charge in [0.25, 0.3) is 20.2 Å². The van der Waals surface area contributed by atoms with Crippen molar-refractivity contribution >= 4 is 38.0 Å². The Balaban J connectivity index is 0. The largest absolute Gasteiger partial charge is 0.480 e. The molecule has 0 aromatic heterocycles. The summed E-state index contributed by atoms with van der Waals surface area (Å²) >= 11 is 1.60. The minimum atomic E-state index is -4.02. The molecule has 0 aromatic carbocycles. The molecule has 0 spiro atoms. The van der Waals surface area contributed by atoms with Crippen molar-refractivity contribution in [1.82, 2.24) is 0 Å². The molecular formula is C9H21NO8S3. The van der Waals surface area contributed by atoms with Gasteiger partial charge in [0.2, 0.25) is 0 Å². The second-order valence-electron chi connectivity index (χ2n) is 4.01. The van der Waals surface area contributed by atoms with Crippen LogP contribution in [-0.4, -0.2) is 66.6 Å². The van der Waals surface area contributed by atoms with Crippen molar-refractivity contribution in [2.75, 3.05) is 23.5 Å². The molecule has 0 fully saturated rings. The van der Waals surface area contributed by atoms with Crippen molar-refractivity contribution in [3.05, 3.63) is 0 Å². The fourth-order valence-electron chi connectivity index (χ4n) is 0.937. The highest BCUT2D eigenvalue weighted by molar-refractivity contribution is 7.98. The Kier molecular flexibility index (Phi) is 12.2. The molecule has 0 bridgehead atoms. The summed E-state index contributed by atoms with van der Waals surface area (Å²) in [5.41, 5.74) is 5.19. The van der Waals surface area contributed by atoms with E-state index in [0.717, 1.165) is 5.75 Å². The fourth-order valence-corrected chi connectivity index (χ4v) is 2.56. The first-order valence-corrected chi connectivity index (χ1v) is 10.4. The average molecular weight is 367 g/mol. The van der Waals surface area contributed by atoms with Gasteiger partial charge >= 0.3 is 5.97 Å². The van der Waals surface area contributed by atoms with Gasteiger partial charge in [-0.25, -0.2) is 0 Å². The molecule has 5 N–H and O–H groups in total. The van der Waals surface area contributed by atoms with Crippen LogP contribution in [-0.2, 0) is 25.0 Å². The molecule has 0 aromatic rings. The second-order valence-corrected chi connectivity index (χ2v) is 8.14.